The number of hydrogen-bond acceptors (Lipinski definition) is 3. The van der Waals surface area contributed by atoms with Crippen LogP contribution < -0.4 is 5.32 Å². The van der Waals surface area contributed by atoms with Gasteiger partial charge in [-0.2, -0.15) is 0 Å². The molecule has 1 aromatic rings. The Hall–Kier alpha value is -1.78. The standard InChI is InChI=1S/C11H15NO4/c1-7(3-4-10(13)14)12-11(15)9-5-6-16-8(9)2/h5-7H,3-4H2,1-2H3,(H,12,15)(H,13,14). The van der Waals surface area contributed by atoms with Crippen LogP contribution in [0, 0.1) is 6.92 Å². The molecule has 88 valence electrons. The molecular formula is C11H15NO4. The van der Waals surface area contributed by atoms with Crippen LogP contribution in [0.25, 0.3) is 0 Å². The monoisotopic (exact) mass is 225 g/mol. The van der Waals surface area contributed by atoms with Crippen LogP contribution in [0.15, 0.2) is 16.7 Å². The van der Waals surface area contributed by atoms with Gasteiger partial charge in [-0.3, -0.25) is 9.59 Å². The number of furan rings is 1. The average molecular weight is 225 g/mol. The zero-order chi connectivity index (χ0) is 12.1. The third-order valence-electron chi connectivity index (χ3n) is 2.27. The molecule has 0 fully saturated rings. The van der Waals surface area contributed by atoms with Gasteiger partial charge < -0.3 is 14.8 Å². The van der Waals surface area contributed by atoms with Gasteiger partial charge in [-0.25, -0.2) is 0 Å². The number of aliphatic carboxylic acids is 1. The Kier molecular flexibility index (Phi) is 4.10. The van der Waals surface area contributed by atoms with Gasteiger partial charge in [-0.1, -0.05) is 0 Å². The Labute approximate surface area is 93.4 Å². The molecule has 1 heterocycles. The van der Waals surface area contributed by atoms with E-state index in [-0.39, 0.29) is 18.4 Å². The normalized spacial score (nSPS) is 12.1. The number of rotatable bonds is 5. The van der Waals surface area contributed by atoms with Gasteiger partial charge in [0.05, 0.1) is 11.8 Å². The van der Waals surface area contributed by atoms with Crippen LogP contribution >= 0.6 is 0 Å². The number of nitrogens with one attached hydrogen (secondary N) is 1. The summed E-state index contributed by atoms with van der Waals surface area (Å²) in [6.45, 7) is 3.48. The number of aryl methyl sites for hydroxylation is 1. The summed E-state index contributed by atoms with van der Waals surface area (Å²) in [4.78, 5) is 22.0. The molecule has 0 spiro atoms. The van der Waals surface area contributed by atoms with E-state index in [4.69, 9.17) is 9.52 Å². The van der Waals surface area contributed by atoms with Crippen molar-refractivity contribution in [2.45, 2.75) is 32.7 Å². The average Bonchev–Trinajstić information content (AvgIpc) is 2.61. The van der Waals surface area contributed by atoms with Gasteiger partial charge in [0, 0.05) is 12.5 Å². The lowest BCUT2D eigenvalue weighted by molar-refractivity contribution is -0.137. The maximum Gasteiger partial charge on any atom is 0.303 e. The summed E-state index contributed by atoms with van der Waals surface area (Å²) in [5.74, 6) is -0.535. The highest BCUT2D eigenvalue weighted by molar-refractivity contribution is 5.95. The van der Waals surface area contributed by atoms with Crippen LogP contribution in [0.3, 0.4) is 0 Å². The minimum atomic E-state index is -0.861. The number of carboxylic acids is 1. The van der Waals surface area contributed by atoms with Crippen LogP contribution in [-0.4, -0.2) is 23.0 Å². The van der Waals surface area contributed by atoms with E-state index < -0.39 is 5.97 Å². The van der Waals surface area contributed by atoms with E-state index >= 15 is 0 Å². The summed E-state index contributed by atoms with van der Waals surface area (Å²) in [5, 5.41) is 11.2. The molecule has 0 radical (unpaired) electrons. The molecular weight excluding hydrogens is 210 g/mol. The van der Waals surface area contributed by atoms with Gasteiger partial charge in [-0.05, 0) is 26.3 Å². The molecule has 1 unspecified atom stereocenters. The molecule has 0 aliphatic heterocycles. The van der Waals surface area contributed by atoms with E-state index in [1.165, 1.54) is 6.26 Å². The first-order chi connectivity index (χ1) is 7.50. The Morgan fingerprint density at radius 3 is 2.75 bits per heavy atom. The molecule has 0 saturated heterocycles. The maximum atomic E-state index is 11.7. The van der Waals surface area contributed by atoms with E-state index in [2.05, 4.69) is 5.32 Å². The zero-order valence-corrected chi connectivity index (χ0v) is 9.32. The Balaban J connectivity index is 2.46. The molecule has 0 aliphatic rings. The summed E-state index contributed by atoms with van der Waals surface area (Å²) in [6.07, 6.45) is 1.91. The Morgan fingerprint density at radius 2 is 2.25 bits per heavy atom. The lowest BCUT2D eigenvalue weighted by Crippen LogP contribution is -2.33. The Bertz CT molecular complexity index is 383. The van der Waals surface area contributed by atoms with Crippen molar-refractivity contribution in [3.8, 4) is 0 Å². The molecule has 1 aromatic heterocycles. The van der Waals surface area contributed by atoms with Crippen molar-refractivity contribution in [2.75, 3.05) is 0 Å². The van der Waals surface area contributed by atoms with Crippen LogP contribution in [0.5, 0.6) is 0 Å². The summed E-state index contributed by atoms with van der Waals surface area (Å²) in [6, 6.07) is 1.42. The second-order valence-electron chi connectivity index (χ2n) is 3.70. The first kappa shape index (κ1) is 12.3. The predicted molar refractivity (Wildman–Crippen MR) is 57.2 cm³/mol. The van der Waals surface area contributed by atoms with Crippen molar-refractivity contribution >= 4 is 11.9 Å². The molecule has 1 atom stereocenters. The zero-order valence-electron chi connectivity index (χ0n) is 9.32. The largest absolute Gasteiger partial charge is 0.481 e. The highest BCUT2D eigenvalue weighted by Crippen LogP contribution is 2.09. The number of carboxylic acid groups (broad SMARTS) is 1. The van der Waals surface area contributed by atoms with Crippen molar-refractivity contribution in [1.82, 2.24) is 5.32 Å². The van der Waals surface area contributed by atoms with E-state index in [1.54, 1.807) is 19.9 Å². The number of hydrogen-bond donors (Lipinski definition) is 2. The molecule has 0 saturated carbocycles. The fourth-order valence-corrected chi connectivity index (χ4v) is 1.33. The van der Waals surface area contributed by atoms with Crippen LogP contribution in [0.1, 0.15) is 35.9 Å². The molecule has 2 N–H and O–H groups in total. The summed E-state index contributed by atoms with van der Waals surface area (Å²) < 4.78 is 5.01. The minimum Gasteiger partial charge on any atom is -0.481 e. The van der Waals surface area contributed by atoms with E-state index in [0.29, 0.717) is 17.7 Å². The quantitative estimate of drug-likeness (QED) is 0.797. The highest BCUT2D eigenvalue weighted by Gasteiger charge is 2.14. The molecule has 1 rings (SSSR count). The van der Waals surface area contributed by atoms with Crippen LogP contribution in [0.2, 0.25) is 0 Å². The number of carbonyl (C=O) groups excluding carboxylic acids is 1. The van der Waals surface area contributed by atoms with Gasteiger partial charge in [-0.15, -0.1) is 0 Å². The third kappa shape index (κ3) is 3.42. The van der Waals surface area contributed by atoms with E-state index in [0.717, 1.165) is 0 Å². The van der Waals surface area contributed by atoms with Crippen molar-refractivity contribution in [3.63, 3.8) is 0 Å². The van der Waals surface area contributed by atoms with Crippen LogP contribution in [0.4, 0.5) is 0 Å². The fraction of sp³-hybridized carbons (Fsp3) is 0.455. The topological polar surface area (TPSA) is 79.5 Å². The fourth-order valence-electron chi connectivity index (χ4n) is 1.33. The molecule has 5 nitrogen and oxygen atoms in total. The van der Waals surface area contributed by atoms with Gasteiger partial charge in [0.25, 0.3) is 5.91 Å². The summed E-state index contributed by atoms with van der Waals surface area (Å²) in [5.41, 5.74) is 0.488. The van der Waals surface area contributed by atoms with Gasteiger partial charge in [0.1, 0.15) is 5.76 Å². The van der Waals surface area contributed by atoms with E-state index in [1.807, 2.05) is 0 Å². The van der Waals surface area contributed by atoms with Crippen molar-refractivity contribution < 1.29 is 19.1 Å². The lowest BCUT2D eigenvalue weighted by Gasteiger charge is -2.11. The van der Waals surface area contributed by atoms with Gasteiger partial charge in [0.15, 0.2) is 0 Å². The van der Waals surface area contributed by atoms with Gasteiger partial charge >= 0.3 is 5.97 Å². The predicted octanol–water partition coefficient (Wildman–Crippen LogP) is 1.57. The third-order valence-corrected chi connectivity index (χ3v) is 2.27. The summed E-state index contributed by atoms with van der Waals surface area (Å²) >= 11 is 0. The number of amides is 1. The SMILES string of the molecule is Cc1occc1C(=O)NC(C)CCC(=O)O. The van der Waals surface area contributed by atoms with Crippen molar-refractivity contribution in [1.29, 1.82) is 0 Å². The molecule has 0 aliphatic carbocycles. The molecule has 1 amide bonds. The number of carbonyl (C=O) groups is 2. The first-order valence-corrected chi connectivity index (χ1v) is 5.07. The van der Waals surface area contributed by atoms with Gasteiger partial charge in [0.2, 0.25) is 0 Å². The lowest BCUT2D eigenvalue weighted by atomic mass is 10.1. The second kappa shape index (κ2) is 5.34. The van der Waals surface area contributed by atoms with Crippen molar-refractivity contribution in [2.24, 2.45) is 0 Å². The highest BCUT2D eigenvalue weighted by atomic mass is 16.4. The second-order valence-corrected chi connectivity index (χ2v) is 3.70. The summed E-state index contributed by atoms with van der Waals surface area (Å²) in [7, 11) is 0. The van der Waals surface area contributed by atoms with E-state index in [9.17, 15) is 9.59 Å². The molecule has 16 heavy (non-hydrogen) atoms. The van der Waals surface area contributed by atoms with Crippen molar-refractivity contribution in [3.05, 3.63) is 23.7 Å². The molecule has 5 heteroatoms. The molecule has 0 aromatic carbocycles. The molecule has 0 bridgehead atoms. The first-order valence-electron chi connectivity index (χ1n) is 5.07. The smallest absolute Gasteiger partial charge is 0.303 e. The minimum absolute atomic E-state index is 0.0474. The maximum absolute atomic E-state index is 11.7. The Morgan fingerprint density at radius 1 is 1.56 bits per heavy atom. The van der Waals surface area contributed by atoms with Crippen LogP contribution in [-0.2, 0) is 4.79 Å².